The Balaban J connectivity index is 1.86. The molecule has 0 amide bonds. The van der Waals surface area contributed by atoms with Crippen LogP contribution in [0.15, 0.2) is 78.0 Å². The van der Waals surface area contributed by atoms with Gasteiger partial charge in [-0.15, -0.1) is 0 Å². The SMILES string of the molecule is CCCON=C(COc1cc(C(=O)O)cc(C(F)(F)F)c1)c1cccc(Oc2ccccc2)c1. The number of nitrogens with zero attached hydrogens (tertiary/aromatic N) is 1. The van der Waals surface area contributed by atoms with Crippen molar-refractivity contribution in [1.82, 2.24) is 0 Å². The third-order valence-electron chi connectivity index (χ3n) is 4.47. The molecule has 0 heterocycles. The van der Waals surface area contributed by atoms with Crippen LogP contribution in [0.3, 0.4) is 0 Å². The number of aromatic carboxylic acids is 1. The smallest absolute Gasteiger partial charge is 0.416 e. The zero-order valence-corrected chi connectivity index (χ0v) is 18.2. The van der Waals surface area contributed by atoms with Gasteiger partial charge in [0, 0.05) is 5.56 Å². The highest BCUT2D eigenvalue weighted by atomic mass is 19.4. The van der Waals surface area contributed by atoms with E-state index in [1.54, 1.807) is 36.4 Å². The van der Waals surface area contributed by atoms with Gasteiger partial charge in [-0.2, -0.15) is 13.2 Å². The Morgan fingerprint density at radius 3 is 2.29 bits per heavy atom. The van der Waals surface area contributed by atoms with E-state index >= 15 is 0 Å². The maximum Gasteiger partial charge on any atom is 0.416 e. The minimum atomic E-state index is -4.73. The topological polar surface area (TPSA) is 77.4 Å². The summed E-state index contributed by atoms with van der Waals surface area (Å²) < 4.78 is 50.9. The zero-order chi connectivity index (χ0) is 24.6. The predicted octanol–water partition coefficient (Wildman–Crippen LogP) is 6.41. The molecule has 0 aliphatic rings. The number of ether oxygens (including phenoxy) is 2. The van der Waals surface area contributed by atoms with Gasteiger partial charge in [-0.1, -0.05) is 42.4 Å². The van der Waals surface area contributed by atoms with Crippen LogP contribution in [-0.2, 0) is 11.0 Å². The molecular formula is C25H22F3NO5. The van der Waals surface area contributed by atoms with Crippen molar-refractivity contribution in [1.29, 1.82) is 0 Å². The highest BCUT2D eigenvalue weighted by Gasteiger charge is 2.32. The molecule has 3 rings (SSSR count). The summed E-state index contributed by atoms with van der Waals surface area (Å²) in [6, 6.07) is 18.3. The standard InChI is InChI=1S/C25H22F3NO5/c1-2-11-33-29-23(17-7-6-10-21(13-17)34-20-8-4-3-5-9-20)16-32-22-14-18(24(30)31)12-19(15-22)25(26,27)28/h3-10,12-15H,2,11,16H2,1H3,(H,30,31). The zero-order valence-electron chi connectivity index (χ0n) is 18.2. The second-order valence-corrected chi connectivity index (χ2v) is 7.15. The first kappa shape index (κ1) is 24.6. The number of benzene rings is 3. The average molecular weight is 473 g/mol. The first-order valence-corrected chi connectivity index (χ1v) is 10.4. The van der Waals surface area contributed by atoms with E-state index in [0.717, 1.165) is 12.1 Å². The number of carboxylic acid groups (broad SMARTS) is 1. The maximum absolute atomic E-state index is 13.2. The molecule has 0 saturated carbocycles. The van der Waals surface area contributed by atoms with Crippen molar-refractivity contribution in [2.45, 2.75) is 19.5 Å². The van der Waals surface area contributed by atoms with E-state index in [-0.39, 0.29) is 12.4 Å². The minimum absolute atomic E-state index is 0.257. The van der Waals surface area contributed by atoms with Gasteiger partial charge in [-0.05, 0) is 48.9 Å². The summed E-state index contributed by atoms with van der Waals surface area (Å²) in [5, 5.41) is 13.2. The number of para-hydroxylation sites is 1. The molecule has 34 heavy (non-hydrogen) atoms. The third-order valence-corrected chi connectivity index (χ3v) is 4.47. The minimum Gasteiger partial charge on any atom is -0.487 e. The molecule has 0 bridgehead atoms. The molecule has 0 aliphatic carbocycles. The van der Waals surface area contributed by atoms with Crippen LogP contribution in [0.2, 0.25) is 0 Å². The summed E-state index contributed by atoms with van der Waals surface area (Å²) in [4.78, 5) is 16.6. The lowest BCUT2D eigenvalue weighted by atomic mass is 10.1. The molecule has 0 aromatic heterocycles. The maximum atomic E-state index is 13.2. The predicted molar refractivity (Wildman–Crippen MR) is 120 cm³/mol. The Morgan fingerprint density at radius 2 is 1.62 bits per heavy atom. The van der Waals surface area contributed by atoms with E-state index in [9.17, 15) is 18.0 Å². The summed E-state index contributed by atoms with van der Waals surface area (Å²) in [6.07, 6.45) is -4.03. The molecule has 0 atom stereocenters. The summed E-state index contributed by atoms with van der Waals surface area (Å²) in [5.74, 6) is -0.616. The van der Waals surface area contributed by atoms with Crippen LogP contribution in [0, 0.1) is 0 Å². The van der Waals surface area contributed by atoms with Gasteiger partial charge in [0.05, 0.1) is 11.1 Å². The molecule has 1 N–H and O–H groups in total. The lowest BCUT2D eigenvalue weighted by molar-refractivity contribution is -0.137. The molecule has 3 aromatic carbocycles. The molecular weight excluding hydrogens is 451 g/mol. The molecule has 0 spiro atoms. The highest BCUT2D eigenvalue weighted by Crippen LogP contribution is 2.33. The van der Waals surface area contributed by atoms with Crippen LogP contribution >= 0.6 is 0 Å². The quantitative estimate of drug-likeness (QED) is 0.209. The van der Waals surface area contributed by atoms with E-state index < -0.39 is 23.3 Å². The van der Waals surface area contributed by atoms with Crippen molar-refractivity contribution >= 4 is 11.7 Å². The van der Waals surface area contributed by atoms with Gasteiger partial charge in [0.25, 0.3) is 0 Å². The fourth-order valence-electron chi connectivity index (χ4n) is 2.86. The summed E-state index contributed by atoms with van der Waals surface area (Å²) in [5.41, 5.74) is -0.804. The van der Waals surface area contributed by atoms with Crippen molar-refractivity contribution in [3.63, 3.8) is 0 Å². The van der Waals surface area contributed by atoms with E-state index in [2.05, 4.69) is 5.16 Å². The van der Waals surface area contributed by atoms with Crippen molar-refractivity contribution in [3.05, 3.63) is 89.5 Å². The number of rotatable bonds is 10. The van der Waals surface area contributed by atoms with Crippen LogP contribution in [0.5, 0.6) is 17.2 Å². The van der Waals surface area contributed by atoms with E-state index in [1.807, 2.05) is 25.1 Å². The fraction of sp³-hybridized carbons (Fsp3) is 0.200. The fourth-order valence-corrected chi connectivity index (χ4v) is 2.86. The lowest BCUT2D eigenvalue weighted by Crippen LogP contribution is -2.15. The molecule has 0 aliphatic heterocycles. The van der Waals surface area contributed by atoms with Crippen molar-refractivity contribution in [2.75, 3.05) is 13.2 Å². The van der Waals surface area contributed by atoms with E-state index in [4.69, 9.17) is 19.4 Å². The molecule has 178 valence electrons. The number of hydrogen-bond donors (Lipinski definition) is 1. The number of halogens is 3. The second kappa shape index (κ2) is 11.2. The Morgan fingerprint density at radius 1 is 0.912 bits per heavy atom. The first-order valence-electron chi connectivity index (χ1n) is 10.4. The van der Waals surface area contributed by atoms with Crippen LogP contribution in [0.4, 0.5) is 13.2 Å². The van der Waals surface area contributed by atoms with E-state index in [1.165, 1.54) is 0 Å². The summed E-state index contributed by atoms with van der Waals surface area (Å²) in [6.45, 7) is 1.96. The third kappa shape index (κ3) is 6.99. The molecule has 0 saturated heterocycles. The van der Waals surface area contributed by atoms with Gasteiger partial charge in [-0.25, -0.2) is 4.79 Å². The largest absolute Gasteiger partial charge is 0.487 e. The van der Waals surface area contributed by atoms with Crippen LogP contribution < -0.4 is 9.47 Å². The molecule has 6 nitrogen and oxygen atoms in total. The number of oxime groups is 1. The van der Waals surface area contributed by atoms with Crippen molar-refractivity contribution in [2.24, 2.45) is 5.16 Å². The van der Waals surface area contributed by atoms with Gasteiger partial charge in [0.2, 0.25) is 0 Å². The number of hydrogen-bond acceptors (Lipinski definition) is 5. The molecule has 3 aromatic rings. The van der Waals surface area contributed by atoms with Gasteiger partial charge in [0.15, 0.2) is 0 Å². The molecule has 0 unspecified atom stereocenters. The summed E-state index contributed by atoms with van der Waals surface area (Å²) in [7, 11) is 0. The summed E-state index contributed by atoms with van der Waals surface area (Å²) >= 11 is 0. The van der Waals surface area contributed by atoms with Crippen LogP contribution in [0.1, 0.15) is 34.8 Å². The van der Waals surface area contributed by atoms with Crippen molar-refractivity contribution in [3.8, 4) is 17.2 Å². The number of carboxylic acids is 1. The Kier molecular flexibility index (Phi) is 8.13. The highest BCUT2D eigenvalue weighted by molar-refractivity contribution is 6.01. The van der Waals surface area contributed by atoms with Gasteiger partial charge >= 0.3 is 12.1 Å². The normalized spacial score (nSPS) is 11.7. The number of carbonyl (C=O) groups is 1. The number of alkyl halides is 3. The van der Waals surface area contributed by atoms with Crippen molar-refractivity contribution < 1.29 is 37.4 Å². The van der Waals surface area contributed by atoms with Gasteiger partial charge in [-0.3, -0.25) is 0 Å². The second-order valence-electron chi connectivity index (χ2n) is 7.15. The molecule has 9 heteroatoms. The lowest BCUT2D eigenvalue weighted by Gasteiger charge is -2.14. The molecule has 0 fully saturated rings. The first-order chi connectivity index (χ1) is 16.3. The Labute approximate surface area is 194 Å². The Hall–Kier alpha value is -4.01. The van der Waals surface area contributed by atoms with Gasteiger partial charge in [0.1, 0.15) is 36.2 Å². The van der Waals surface area contributed by atoms with Crippen LogP contribution in [-0.4, -0.2) is 30.0 Å². The van der Waals surface area contributed by atoms with E-state index in [0.29, 0.717) is 41.9 Å². The van der Waals surface area contributed by atoms with Gasteiger partial charge < -0.3 is 19.4 Å². The average Bonchev–Trinajstić information content (AvgIpc) is 2.81. The monoisotopic (exact) mass is 473 g/mol. The molecule has 0 radical (unpaired) electrons. The van der Waals surface area contributed by atoms with Crippen LogP contribution in [0.25, 0.3) is 0 Å². The Bertz CT molecular complexity index is 1150.